The van der Waals surface area contributed by atoms with Crippen molar-refractivity contribution in [2.75, 3.05) is 61.2 Å². The second-order valence-corrected chi connectivity index (χ2v) is 7.89. The monoisotopic (exact) mass is 406 g/mol. The van der Waals surface area contributed by atoms with E-state index in [-0.39, 0.29) is 0 Å². The molecule has 0 bridgehead atoms. The highest BCUT2D eigenvalue weighted by atomic mass is 16.5. The van der Waals surface area contributed by atoms with Crippen LogP contribution in [0.25, 0.3) is 0 Å². The van der Waals surface area contributed by atoms with E-state index in [0.29, 0.717) is 18.5 Å². The lowest BCUT2D eigenvalue weighted by atomic mass is 10.0. The predicted molar refractivity (Wildman–Crippen MR) is 118 cm³/mol. The van der Waals surface area contributed by atoms with Crippen molar-refractivity contribution in [3.8, 4) is 11.5 Å². The fourth-order valence-electron chi connectivity index (χ4n) is 3.75. The van der Waals surface area contributed by atoms with Gasteiger partial charge in [0, 0.05) is 57.9 Å². The first-order chi connectivity index (χ1) is 14.0. The van der Waals surface area contributed by atoms with Crippen molar-refractivity contribution in [1.29, 1.82) is 0 Å². The fourth-order valence-corrected chi connectivity index (χ4v) is 3.75. The molecule has 1 atom stereocenters. The molecule has 0 radical (unpaired) electrons. The van der Waals surface area contributed by atoms with Crippen LogP contribution in [0.2, 0.25) is 0 Å². The first kappa shape index (κ1) is 23.3. The van der Waals surface area contributed by atoms with Gasteiger partial charge in [-0.2, -0.15) is 0 Å². The maximum absolute atomic E-state index is 5.54. The number of methoxy groups -OCH3 is 2. The van der Waals surface area contributed by atoms with E-state index in [2.05, 4.69) is 34.0 Å². The largest absolute Gasteiger partial charge is 0.497 e. The number of hydrogen-bond donors (Lipinski definition) is 1. The molecule has 0 aliphatic carbocycles. The van der Waals surface area contributed by atoms with E-state index in [9.17, 15) is 0 Å². The zero-order valence-electron chi connectivity index (χ0n) is 18.9. The summed E-state index contributed by atoms with van der Waals surface area (Å²) in [5.41, 5.74) is 1.09. The third kappa shape index (κ3) is 7.08. The molecule has 0 amide bonds. The molecule has 1 N–H and O–H groups in total. The molecule has 0 spiro atoms. The number of morpholine rings is 1. The molecule has 1 aromatic carbocycles. The summed E-state index contributed by atoms with van der Waals surface area (Å²) in [7, 11) is 7.22. The van der Waals surface area contributed by atoms with Crippen molar-refractivity contribution in [1.82, 2.24) is 15.1 Å². The van der Waals surface area contributed by atoms with E-state index in [1.165, 1.54) is 0 Å². The van der Waals surface area contributed by atoms with Gasteiger partial charge in [0.1, 0.15) is 11.5 Å². The first-order valence-corrected chi connectivity index (χ1v) is 10.4. The van der Waals surface area contributed by atoms with E-state index < -0.39 is 0 Å². The summed E-state index contributed by atoms with van der Waals surface area (Å²) in [6, 6.07) is 6.38. The summed E-state index contributed by atoms with van der Waals surface area (Å²) < 4.78 is 16.4. The van der Waals surface area contributed by atoms with Crippen LogP contribution in [-0.4, -0.2) is 83.0 Å². The van der Waals surface area contributed by atoms with Gasteiger partial charge in [-0.25, -0.2) is 0 Å². The average Bonchev–Trinajstić information content (AvgIpc) is 2.73. The van der Waals surface area contributed by atoms with Gasteiger partial charge in [-0.05, 0) is 24.5 Å². The predicted octanol–water partition coefficient (Wildman–Crippen LogP) is 2.46. The molecule has 0 saturated carbocycles. The quantitative estimate of drug-likeness (QED) is 0.502. The Labute approximate surface area is 176 Å². The average molecular weight is 407 g/mol. The second-order valence-electron chi connectivity index (χ2n) is 7.89. The zero-order valence-corrected chi connectivity index (χ0v) is 18.9. The number of nitrogens with one attached hydrogen (secondary N) is 1. The van der Waals surface area contributed by atoms with Crippen molar-refractivity contribution < 1.29 is 14.2 Å². The molecule has 164 valence electrons. The number of ether oxygens (including phenoxy) is 3. The number of guanidine groups is 1. The van der Waals surface area contributed by atoms with Gasteiger partial charge in [0.15, 0.2) is 5.96 Å². The van der Waals surface area contributed by atoms with Crippen LogP contribution >= 0.6 is 0 Å². The summed E-state index contributed by atoms with van der Waals surface area (Å²) in [5, 5.41) is 3.58. The first-order valence-electron chi connectivity index (χ1n) is 10.4. The van der Waals surface area contributed by atoms with Gasteiger partial charge in [-0.3, -0.25) is 9.89 Å². The van der Waals surface area contributed by atoms with Gasteiger partial charge >= 0.3 is 0 Å². The van der Waals surface area contributed by atoms with E-state index >= 15 is 0 Å². The topological polar surface area (TPSA) is 58.6 Å². The van der Waals surface area contributed by atoms with Crippen molar-refractivity contribution >= 4 is 5.96 Å². The molecule has 7 heteroatoms. The van der Waals surface area contributed by atoms with Gasteiger partial charge in [-0.15, -0.1) is 0 Å². The highest BCUT2D eigenvalue weighted by Crippen LogP contribution is 2.25. The lowest BCUT2D eigenvalue weighted by molar-refractivity contribution is 0.0131. The standard InChI is InChI=1S/C22H38N4O3/c1-17(2)13-19(26-9-11-29-12-10-26)15-24-22(23-3)25(4)16-18-7-8-20(27-5)14-21(18)28-6/h7-8,14,17,19H,9-13,15-16H2,1-6H3,(H,23,24). The maximum atomic E-state index is 5.54. The van der Waals surface area contributed by atoms with Crippen LogP contribution in [0.4, 0.5) is 0 Å². The summed E-state index contributed by atoms with van der Waals surface area (Å²) in [6.07, 6.45) is 1.15. The molecule has 1 saturated heterocycles. The molecule has 1 aliphatic heterocycles. The third-order valence-corrected chi connectivity index (χ3v) is 5.28. The molecule has 0 aromatic heterocycles. The Balaban J connectivity index is 2.00. The van der Waals surface area contributed by atoms with Crippen molar-refractivity contribution in [2.24, 2.45) is 10.9 Å². The van der Waals surface area contributed by atoms with Crippen LogP contribution in [0.1, 0.15) is 25.8 Å². The van der Waals surface area contributed by atoms with Crippen LogP contribution in [-0.2, 0) is 11.3 Å². The summed E-state index contributed by atoms with van der Waals surface area (Å²) in [4.78, 5) is 9.15. The van der Waals surface area contributed by atoms with Crippen LogP contribution in [0, 0.1) is 5.92 Å². The molecule has 1 aromatic rings. The molecule has 1 fully saturated rings. The van der Waals surface area contributed by atoms with Crippen molar-refractivity contribution in [2.45, 2.75) is 32.9 Å². The van der Waals surface area contributed by atoms with Gasteiger partial charge < -0.3 is 24.4 Å². The SMILES string of the molecule is CN=C(NCC(CC(C)C)N1CCOCC1)N(C)Cc1ccc(OC)cc1OC. The number of aliphatic imine (C=N–C) groups is 1. The summed E-state index contributed by atoms with van der Waals surface area (Å²) >= 11 is 0. The minimum Gasteiger partial charge on any atom is -0.497 e. The minimum absolute atomic E-state index is 0.472. The molecule has 1 unspecified atom stereocenters. The zero-order chi connectivity index (χ0) is 21.2. The van der Waals surface area contributed by atoms with Crippen LogP contribution in [0.15, 0.2) is 23.2 Å². The van der Waals surface area contributed by atoms with Gasteiger partial charge in [0.05, 0.1) is 27.4 Å². The number of benzene rings is 1. The molecule has 7 nitrogen and oxygen atoms in total. The Morgan fingerprint density at radius 2 is 1.97 bits per heavy atom. The number of nitrogens with zero attached hydrogens (tertiary/aromatic N) is 3. The number of hydrogen-bond acceptors (Lipinski definition) is 5. The summed E-state index contributed by atoms with van der Waals surface area (Å²) in [6.45, 7) is 9.76. The third-order valence-electron chi connectivity index (χ3n) is 5.28. The van der Waals surface area contributed by atoms with Gasteiger partial charge in [-0.1, -0.05) is 13.8 Å². The highest BCUT2D eigenvalue weighted by Gasteiger charge is 2.22. The smallest absolute Gasteiger partial charge is 0.193 e. The van der Waals surface area contributed by atoms with Gasteiger partial charge in [0.2, 0.25) is 0 Å². The second kappa shape index (κ2) is 11.9. The molecular weight excluding hydrogens is 368 g/mol. The van der Waals surface area contributed by atoms with Crippen LogP contribution in [0.5, 0.6) is 11.5 Å². The Morgan fingerprint density at radius 3 is 2.55 bits per heavy atom. The lowest BCUT2D eigenvalue weighted by Gasteiger charge is -2.36. The molecule has 1 heterocycles. The molecule has 1 aliphatic rings. The lowest BCUT2D eigenvalue weighted by Crippen LogP contribution is -2.51. The molecule has 2 rings (SSSR count). The molecular formula is C22H38N4O3. The van der Waals surface area contributed by atoms with Crippen LogP contribution < -0.4 is 14.8 Å². The van der Waals surface area contributed by atoms with Crippen LogP contribution in [0.3, 0.4) is 0 Å². The highest BCUT2D eigenvalue weighted by molar-refractivity contribution is 5.79. The summed E-state index contributed by atoms with van der Waals surface area (Å²) in [5.74, 6) is 3.13. The number of rotatable bonds is 9. The van der Waals surface area contributed by atoms with Crippen molar-refractivity contribution in [3.63, 3.8) is 0 Å². The van der Waals surface area contributed by atoms with E-state index in [1.54, 1.807) is 14.2 Å². The van der Waals surface area contributed by atoms with E-state index in [1.807, 2.05) is 32.3 Å². The fraction of sp³-hybridized carbons (Fsp3) is 0.682. The van der Waals surface area contributed by atoms with E-state index in [4.69, 9.17) is 14.2 Å². The molecule has 29 heavy (non-hydrogen) atoms. The van der Waals surface area contributed by atoms with E-state index in [0.717, 1.165) is 62.3 Å². The minimum atomic E-state index is 0.472. The Hall–Kier alpha value is -1.99. The van der Waals surface area contributed by atoms with Gasteiger partial charge in [0.25, 0.3) is 0 Å². The Bertz CT molecular complexity index is 645. The normalized spacial score (nSPS) is 16.6. The Morgan fingerprint density at radius 1 is 1.24 bits per heavy atom. The Kier molecular flexibility index (Phi) is 9.54. The maximum Gasteiger partial charge on any atom is 0.193 e. The van der Waals surface area contributed by atoms with Crippen molar-refractivity contribution in [3.05, 3.63) is 23.8 Å².